The molecule has 3 heterocycles. The minimum atomic E-state index is -4.63. The number of carbonyl (C=O) groups is 2. The third-order valence-electron chi connectivity index (χ3n) is 9.25. The van der Waals surface area contributed by atoms with E-state index in [2.05, 4.69) is 20.6 Å². The zero-order chi connectivity index (χ0) is 35.1. The molecule has 0 radical (unpaired) electrons. The SMILES string of the molecule is COc1cc(C(=O)Nc2ccc(N3CCN(C)CC3)c(C(F)(F)F)c2)ccc1Nc1ncc2c(n1)N(C1CCCC1)CC(F)(F)C(=O)N2C. The van der Waals surface area contributed by atoms with Crippen LogP contribution in [0.2, 0.25) is 0 Å². The van der Waals surface area contributed by atoms with Crippen LogP contribution >= 0.6 is 0 Å². The summed E-state index contributed by atoms with van der Waals surface area (Å²) in [5.74, 6) is -5.18. The molecule has 3 aromatic rings. The van der Waals surface area contributed by atoms with E-state index in [0.717, 1.165) is 23.8 Å². The van der Waals surface area contributed by atoms with E-state index in [1.165, 1.54) is 55.6 Å². The first-order valence-electron chi connectivity index (χ1n) is 16.0. The third-order valence-corrected chi connectivity index (χ3v) is 9.25. The molecule has 2 aromatic carbocycles. The fourth-order valence-electron chi connectivity index (χ4n) is 6.53. The number of ether oxygens (including phenoxy) is 1. The smallest absolute Gasteiger partial charge is 0.418 e. The van der Waals surface area contributed by atoms with Crippen molar-refractivity contribution in [3.05, 3.63) is 53.7 Å². The Bertz CT molecular complexity index is 1720. The van der Waals surface area contributed by atoms with Crippen molar-refractivity contribution in [1.29, 1.82) is 0 Å². The first-order chi connectivity index (χ1) is 23.2. The summed E-state index contributed by atoms with van der Waals surface area (Å²) in [6.45, 7) is 1.37. The van der Waals surface area contributed by atoms with Gasteiger partial charge in [0.25, 0.3) is 11.8 Å². The van der Waals surface area contributed by atoms with Crippen LogP contribution in [0.25, 0.3) is 0 Å². The van der Waals surface area contributed by atoms with Crippen molar-refractivity contribution in [1.82, 2.24) is 14.9 Å². The van der Waals surface area contributed by atoms with E-state index >= 15 is 0 Å². The Morgan fingerprint density at radius 3 is 2.39 bits per heavy atom. The van der Waals surface area contributed by atoms with Crippen LogP contribution in [0.15, 0.2) is 42.6 Å². The summed E-state index contributed by atoms with van der Waals surface area (Å²) < 4.78 is 77.6. The summed E-state index contributed by atoms with van der Waals surface area (Å²) in [7, 11) is 4.56. The Morgan fingerprint density at radius 2 is 1.71 bits per heavy atom. The number of methoxy groups -OCH3 is 1. The lowest BCUT2D eigenvalue weighted by Gasteiger charge is -2.35. The summed E-state index contributed by atoms with van der Waals surface area (Å²) in [5, 5.41) is 5.55. The van der Waals surface area contributed by atoms with Crippen molar-refractivity contribution in [3.63, 3.8) is 0 Å². The minimum Gasteiger partial charge on any atom is -0.495 e. The molecule has 2 fully saturated rings. The van der Waals surface area contributed by atoms with E-state index in [1.807, 2.05) is 11.9 Å². The number of aromatic nitrogens is 2. The van der Waals surface area contributed by atoms with E-state index in [-0.39, 0.29) is 46.2 Å². The number of hydrogen-bond acceptors (Lipinski definition) is 9. The van der Waals surface area contributed by atoms with Crippen LogP contribution in [0.3, 0.4) is 0 Å². The summed E-state index contributed by atoms with van der Waals surface area (Å²) >= 11 is 0. The molecular weight excluding hydrogens is 651 g/mol. The number of nitrogens with one attached hydrogen (secondary N) is 2. The molecule has 1 aliphatic carbocycles. The van der Waals surface area contributed by atoms with Crippen molar-refractivity contribution < 1.29 is 36.3 Å². The second-order valence-electron chi connectivity index (χ2n) is 12.6. The highest BCUT2D eigenvalue weighted by atomic mass is 19.4. The summed E-state index contributed by atoms with van der Waals surface area (Å²) in [6, 6.07) is 7.91. The maximum Gasteiger partial charge on any atom is 0.418 e. The Labute approximate surface area is 280 Å². The first-order valence-corrected chi connectivity index (χ1v) is 16.0. The quantitative estimate of drug-likeness (QED) is 0.307. The summed E-state index contributed by atoms with van der Waals surface area (Å²) in [5.41, 5.74) is -0.186. The van der Waals surface area contributed by atoms with E-state index in [4.69, 9.17) is 4.74 Å². The van der Waals surface area contributed by atoms with Gasteiger partial charge in [-0.1, -0.05) is 12.8 Å². The van der Waals surface area contributed by atoms with Gasteiger partial charge in [-0.25, -0.2) is 4.98 Å². The van der Waals surface area contributed by atoms with Crippen LogP contribution in [0.5, 0.6) is 5.75 Å². The number of nitrogens with zero attached hydrogens (tertiary/aromatic N) is 6. The standard InChI is InChI=1S/C33H37F5N8O3/c1-43-12-14-45(15-13-43)25-11-9-21(17-23(25)33(36,37)38)40-29(47)20-8-10-24(27(16-20)49-3)41-31-39-18-26-28(42-31)46(22-6-4-5-7-22)19-32(34,35)30(48)44(26)2/h8-11,16-18,22H,4-7,12-15,19H2,1-3H3,(H,40,47)(H,39,41,42). The van der Waals surface area contributed by atoms with E-state index < -0.39 is 36.0 Å². The Kier molecular flexibility index (Phi) is 9.26. The van der Waals surface area contributed by atoms with Crippen LogP contribution in [0.4, 0.5) is 56.5 Å². The molecule has 3 aliphatic rings. The van der Waals surface area contributed by atoms with Crippen LogP contribution < -0.4 is 30.1 Å². The van der Waals surface area contributed by atoms with Gasteiger partial charge in [-0.05, 0) is 56.3 Å². The summed E-state index contributed by atoms with van der Waals surface area (Å²) in [4.78, 5) is 40.7. The lowest BCUT2D eigenvalue weighted by atomic mass is 10.1. The maximum atomic E-state index is 14.9. The predicted octanol–water partition coefficient (Wildman–Crippen LogP) is 5.61. The Morgan fingerprint density at radius 1 is 1.00 bits per heavy atom. The van der Waals surface area contributed by atoms with E-state index in [0.29, 0.717) is 44.7 Å². The molecule has 16 heteroatoms. The lowest BCUT2D eigenvalue weighted by Crippen LogP contribution is -2.48. The molecule has 6 rings (SSSR count). The van der Waals surface area contributed by atoms with Gasteiger partial charge in [0.15, 0.2) is 5.82 Å². The van der Waals surface area contributed by atoms with Gasteiger partial charge in [-0.3, -0.25) is 9.59 Å². The molecule has 1 saturated heterocycles. The predicted molar refractivity (Wildman–Crippen MR) is 175 cm³/mol. The fraction of sp³-hybridized carbons (Fsp3) is 0.455. The number of carbonyl (C=O) groups excluding carboxylic acids is 2. The zero-order valence-corrected chi connectivity index (χ0v) is 27.3. The highest BCUT2D eigenvalue weighted by Crippen LogP contribution is 2.41. The zero-order valence-electron chi connectivity index (χ0n) is 27.3. The van der Waals surface area contributed by atoms with Crippen molar-refractivity contribution in [2.24, 2.45) is 0 Å². The number of fused-ring (bicyclic) bond motifs is 1. The molecule has 0 unspecified atom stereocenters. The number of halogens is 5. The Hall–Kier alpha value is -4.73. The molecule has 1 aromatic heterocycles. The molecule has 2 amide bonds. The molecule has 2 aliphatic heterocycles. The molecule has 0 atom stereocenters. The van der Waals surface area contributed by atoms with Crippen LogP contribution in [-0.4, -0.2) is 92.6 Å². The second kappa shape index (κ2) is 13.3. The van der Waals surface area contributed by atoms with Gasteiger partial charge >= 0.3 is 12.1 Å². The van der Waals surface area contributed by atoms with Crippen LogP contribution in [0.1, 0.15) is 41.6 Å². The van der Waals surface area contributed by atoms with Gasteiger partial charge in [0.2, 0.25) is 5.95 Å². The number of benzene rings is 2. The molecule has 262 valence electrons. The van der Waals surface area contributed by atoms with Gasteiger partial charge < -0.3 is 35.0 Å². The number of likely N-dealkylation sites (N-methyl/N-ethyl adjacent to an activating group) is 1. The molecule has 11 nitrogen and oxygen atoms in total. The van der Waals surface area contributed by atoms with Gasteiger partial charge in [0, 0.05) is 56.2 Å². The van der Waals surface area contributed by atoms with E-state index in [9.17, 15) is 31.5 Å². The highest BCUT2D eigenvalue weighted by molar-refractivity contribution is 6.05. The largest absolute Gasteiger partial charge is 0.495 e. The lowest BCUT2D eigenvalue weighted by molar-refractivity contribution is -0.140. The number of rotatable bonds is 7. The number of piperazine rings is 1. The van der Waals surface area contributed by atoms with Crippen LogP contribution in [-0.2, 0) is 11.0 Å². The monoisotopic (exact) mass is 688 g/mol. The van der Waals surface area contributed by atoms with Crippen molar-refractivity contribution in [3.8, 4) is 5.75 Å². The Balaban J connectivity index is 1.23. The second-order valence-corrected chi connectivity index (χ2v) is 12.6. The molecule has 0 bridgehead atoms. The number of amides is 2. The van der Waals surface area contributed by atoms with Crippen LogP contribution in [0, 0.1) is 0 Å². The van der Waals surface area contributed by atoms with Crippen molar-refractivity contribution >= 4 is 46.3 Å². The number of alkyl halides is 5. The van der Waals surface area contributed by atoms with Gasteiger partial charge in [0.05, 0.1) is 31.1 Å². The number of anilines is 6. The topological polar surface area (TPSA) is 106 Å². The van der Waals surface area contributed by atoms with Gasteiger partial charge in [-0.15, -0.1) is 0 Å². The van der Waals surface area contributed by atoms with Crippen molar-refractivity contribution in [2.75, 3.05) is 79.3 Å². The minimum absolute atomic E-state index is 0.0180. The normalized spacial score (nSPS) is 18.7. The van der Waals surface area contributed by atoms with Gasteiger partial charge in [0.1, 0.15) is 11.4 Å². The van der Waals surface area contributed by atoms with Crippen molar-refractivity contribution in [2.45, 2.75) is 43.8 Å². The highest BCUT2D eigenvalue weighted by Gasteiger charge is 2.49. The molecule has 49 heavy (non-hydrogen) atoms. The molecule has 2 N–H and O–H groups in total. The average molecular weight is 689 g/mol. The molecule has 1 saturated carbocycles. The summed E-state index contributed by atoms with van der Waals surface area (Å²) in [6.07, 6.45) is -0.182. The molecular formula is C33H37F5N8O3. The number of hydrogen-bond donors (Lipinski definition) is 2. The first kappa shape index (κ1) is 34.1. The average Bonchev–Trinajstić information content (AvgIpc) is 3.60. The van der Waals surface area contributed by atoms with Gasteiger partial charge in [-0.2, -0.15) is 26.9 Å². The van der Waals surface area contributed by atoms with E-state index in [1.54, 1.807) is 4.90 Å². The third kappa shape index (κ3) is 7.05. The maximum absolute atomic E-state index is 14.9. The molecule has 0 spiro atoms. The fourth-order valence-corrected chi connectivity index (χ4v) is 6.53.